The first-order valence-corrected chi connectivity index (χ1v) is 8.61. The third-order valence-corrected chi connectivity index (χ3v) is 4.86. The number of pyridine rings is 1. The highest BCUT2D eigenvalue weighted by Gasteiger charge is 2.12. The van der Waals surface area contributed by atoms with Gasteiger partial charge >= 0.3 is 0 Å². The van der Waals surface area contributed by atoms with Crippen molar-refractivity contribution in [2.24, 2.45) is 7.05 Å². The van der Waals surface area contributed by atoms with Gasteiger partial charge in [0.2, 0.25) is 0 Å². The Labute approximate surface area is 142 Å². The molecule has 0 radical (unpaired) electrons. The van der Waals surface area contributed by atoms with Crippen molar-refractivity contribution in [2.75, 3.05) is 18.0 Å². The number of anilines is 1. The van der Waals surface area contributed by atoms with Crippen molar-refractivity contribution in [1.82, 2.24) is 20.1 Å². The van der Waals surface area contributed by atoms with Crippen LogP contribution < -0.4 is 10.2 Å². The molecule has 0 aliphatic carbocycles. The van der Waals surface area contributed by atoms with E-state index in [0.717, 1.165) is 36.7 Å². The minimum atomic E-state index is 0.702. The fourth-order valence-electron chi connectivity index (χ4n) is 3.04. The number of halogens is 1. The van der Waals surface area contributed by atoms with Gasteiger partial charge in [-0.05, 0) is 37.8 Å². The minimum absolute atomic E-state index is 0.702. The van der Waals surface area contributed by atoms with Gasteiger partial charge < -0.3 is 10.2 Å². The van der Waals surface area contributed by atoms with E-state index in [4.69, 9.17) is 11.6 Å². The van der Waals surface area contributed by atoms with E-state index in [2.05, 4.69) is 32.4 Å². The number of nitrogens with zero attached hydrogens (tertiary/aromatic N) is 4. The fourth-order valence-corrected chi connectivity index (χ4v) is 3.28. The zero-order valence-electron chi connectivity index (χ0n) is 13.8. The van der Waals surface area contributed by atoms with E-state index < -0.39 is 0 Å². The summed E-state index contributed by atoms with van der Waals surface area (Å²) in [6, 6.07) is 4.28. The van der Waals surface area contributed by atoms with Crippen molar-refractivity contribution in [3.63, 3.8) is 0 Å². The molecule has 1 aliphatic heterocycles. The third kappa shape index (κ3) is 3.85. The molecule has 2 aromatic rings. The van der Waals surface area contributed by atoms with Crippen molar-refractivity contribution in [3.8, 4) is 0 Å². The van der Waals surface area contributed by atoms with Crippen molar-refractivity contribution in [2.45, 2.75) is 39.3 Å². The summed E-state index contributed by atoms with van der Waals surface area (Å²) < 4.78 is 1.71. The second-order valence-electron chi connectivity index (χ2n) is 6.15. The maximum atomic E-state index is 6.25. The van der Waals surface area contributed by atoms with Gasteiger partial charge in [0.15, 0.2) is 0 Å². The molecule has 1 saturated heterocycles. The standard InChI is InChI=1S/C17H24ClN5/c1-13-15(17(18)22(2)21-13)12-19-10-14-6-7-16(20-11-14)23-8-4-3-5-9-23/h6-7,11,19H,3-5,8-10,12H2,1-2H3. The summed E-state index contributed by atoms with van der Waals surface area (Å²) in [5.41, 5.74) is 3.22. The summed E-state index contributed by atoms with van der Waals surface area (Å²) in [6.07, 6.45) is 5.86. The second-order valence-corrected chi connectivity index (χ2v) is 6.51. The van der Waals surface area contributed by atoms with Crippen molar-refractivity contribution in [3.05, 3.63) is 40.3 Å². The highest BCUT2D eigenvalue weighted by Crippen LogP contribution is 2.19. The van der Waals surface area contributed by atoms with Crippen LogP contribution in [-0.4, -0.2) is 27.9 Å². The van der Waals surface area contributed by atoms with Gasteiger partial charge in [0.1, 0.15) is 11.0 Å². The first kappa shape index (κ1) is 16.3. The van der Waals surface area contributed by atoms with Crippen molar-refractivity contribution in [1.29, 1.82) is 0 Å². The molecule has 5 nitrogen and oxygen atoms in total. The van der Waals surface area contributed by atoms with Crippen LogP contribution in [0.3, 0.4) is 0 Å². The third-order valence-electron chi connectivity index (χ3n) is 4.39. The van der Waals surface area contributed by atoms with E-state index in [1.54, 1.807) is 4.68 Å². The van der Waals surface area contributed by atoms with E-state index in [0.29, 0.717) is 11.7 Å². The predicted octanol–water partition coefficient (Wildman–Crippen LogP) is 3.06. The van der Waals surface area contributed by atoms with E-state index in [1.807, 2.05) is 20.2 Å². The van der Waals surface area contributed by atoms with E-state index >= 15 is 0 Å². The van der Waals surface area contributed by atoms with Crippen molar-refractivity contribution < 1.29 is 0 Å². The van der Waals surface area contributed by atoms with Crippen LogP contribution in [0.2, 0.25) is 5.15 Å². The summed E-state index contributed by atoms with van der Waals surface area (Å²) in [7, 11) is 1.86. The van der Waals surface area contributed by atoms with E-state index in [-0.39, 0.29) is 0 Å². The predicted molar refractivity (Wildman–Crippen MR) is 93.8 cm³/mol. The lowest BCUT2D eigenvalue weighted by atomic mass is 10.1. The van der Waals surface area contributed by atoms with Crippen LogP contribution in [0.5, 0.6) is 0 Å². The molecule has 23 heavy (non-hydrogen) atoms. The van der Waals surface area contributed by atoms with Gasteiger partial charge in [-0.2, -0.15) is 5.10 Å². The number of nitrogens with one attached hydrogen (secondary N) is 1. The van der Waals surface area contributed by atoms with Crippen LogP contribution in [0, 0.1) is 6.92 Å². The number of rotatable bonds is 5. The van der Waals surface area contributed by atoms with Crippen LogP contribution in [-0.2, 0) is 20.1 Å². The quantitative estimate of drug-likeness (QED) is 0.913. The lowest BCUT2D eigenvalue weighted by molar-refractivity contribution is 0.573. The van der Waals surface area contributed by atoms with E-state index in [1.165, 1.54) is 24.8 Å². The maximum absolute atomic E-state index is 6.25. The van der Waals surface area contributed by atoms with E-state index in [9.17, 15) is 0 Å². The Balaban J connectivity index is 1.54. The molecule has 0 amide bonds. The Kier molecular flexibility index (Phi) is 5.18. The Bertz CT molecular complexity index is 644. The van der Waals surface area contributed by atoms with Gasteiger partial charge in [-0.3, -0.25) is 4.68 Å². The van der Waals surface area contributed by atoms with Crippen LogP contribution >= 0.6 is 11.6 Å². The van der Waals surface area contributed by atoms with Crippen LogP contribution in [0.25, 0.3) is 0 Å². The molecule has 124 valence electrons. The molecule has 1 N–H and O–H groups in total. The van der Waals surface area contributed by atoms with Gasteiger partial charge in [-0.1, -0.05) is 17.7 Å². The Morgan fingerprint density at radius 1 is 1.17 bits per heavy atom. The molecular formula is C17H24ClN5. The number of hydrogen-bond donors (Lipinski definition) is 1. The largest absolute Gasteiger partial charge is 0.357 e. The molecule has 0 saturated carbocycles. The van der Waals surface area contributed by atoms with Gasteiger partial charge in [0, 0.05) is 45.0 Å². The summed E-state index contributed by atoms with van der Waals surface area (Å²) in [5, 5.41) is 8.45. The molecular weight excluding hydrogens is 310 g/mol. The van der Waals surface area contributed by atoms with Gasteiger partial charge in [-0.25, -0.2) is 4.98 Å². The zero-order chi connectivity index (χ0) is 16.2. The second kappa shape index (κ2) is 7.32. The topological polar surface area (TPSA) is 46.0 Å². The Morgan fingerprint density at radius 3 is 2.57 bits per heavy atom. The molecule has 0 atom stereocenters. The highest BCUT2D eigenvalue weighted by molar-refractivity contribution is 6.30. The van der Waals surface area contributed by atoms with Crippen LogP contribution in [0.15, 0.2) is 18.3 Å². The zero-order valence-corrected chi connectivity index (χ0v) is 14.6. The molecule has 0 aromatic carbocycles. The summed E-state index contributed by atoms with van der Waals surface area (Å²) in [6.45, 7) is 5.73. The highest BCUT2D eigenvalue weighted by atomic mass is 35.5. The Morgan fingerprint density at radius 2 is 1.96 bits per heavy atom. The molecule has 0 unspecified atom stereocenters. The number of piperidine rings is 1. The first-order valence-electron chi connectivity index (χ1n) is 8.23. The molecule has 1 fully saturated rings. The molecule has 3 heterocycles. The van der Waals surface area contributed by atoms with Crippen LogP contribution in [0.4, 0.5) is 5.82 Å². The minimum Gasteiger partial charge on any atom is -0.357 e. The summed E-state index contributed by atoms with van der Waals surface area (Å²) in [4.78, 5) is 6.99. The average molecular weight is 334 g/mol. The molecule has 3 rings (SSSR count). The van der Waals surface area contributed by atoms with Gasteiger partial charge in [0.25, 0.3) is 0 Å². The number of aromatic nitrogens is 3. The van der Waals surface area contributed by atoms with Crippen LogP contribution in [0.1, 0.15) is 36.1 Å². The van der Waals surface area contributed by atoms with Crippen molar-refractivity contribution >= 4 is 17.4 Å². The summed E-state index contributed by atoms with van der Waals surface area (Å²) >= 11 is 6.25. The molecule has 0 spiro atoms. The smallest absolute Gasteiger partial charge is 0.131 e. The fraction of sp³-hybridized carbons (Fsp3) is 0.529. The molecule has 6 heteroatoms. The van der Waals surface area contributed by atoms with Gasteiger partial charge in [0.05, 0.1) is 5.69 Å². The molecule has 2 aromatic heterocycles. The first-order chi connectivity index (χ1) is 11.1. The monoisotopic (exact) mass is 333 g/mol. The average Bonchev–Trinajstić information content (AvgIpc) is 2.82. The normalized spacial score (nSPS) is 15.2. The molecule has 1 aliphatic rings. The maximum Gasteiger partial charge on any atom is 0.131 e. The lowest BCUT2D eigenvalue weighted by Crippen LogP contribution is -2.30. The SMILES string of the molecule is Cc1nn(C)c(Cl)c1CNCc1ccc(N2CCCCC2)nc1. The Hall–Kier alpha value is -1.59. The lowest BCUT2D eigenvalue weighted by Gasteiger charge is -2.27. The molecule has 0 bridgehead atoms. The summed E-state index contributed by atoms with van der Waals surface area (Å²) in [5.74, 6) is 1.10. The van der Waals surface area contributed by atoms with Gasteiger partial charge in [-0.15, -0.1) is 0 Å². The number of hydrogen-bond acceptors (Lipinski definition) is 4. The number of aryl methyl sites for hydroxylation is 2.